The van der Waals surface area contributed by atoms with Gasteiger partial charge in [-0.25, -0.2) is 0 Å². The zero-order valence-corrected chi connectivity index (χ0v) is 13.7. The SMILES string of the molecule is CC(C)(C)[C@@H]1CCC[C@H](NC(=O)CSCC(N)=O)CC1. The molecular weight excluding hydrogens is 272 g/mol. The average Bonchev–Trinajstić information content (AvgIpc) is 2.53. The number of carbonyl (C=O) groups is 2. The van der Waals surface area contributed by atoms with E-state index < -0.39 is 0 Å². The lowest BCUT2D eigenvalue weighted by Gasteiger charge is -2.29. The molecule has 1 fully saturated rings. The quantitative estimate of drug-likeness (QED) is 0.765. The molecule has 1 rings (SSSR count). The van der Waals surface area contributed by atoms with Crippen molar-refractivity contribution < 1.29 is 9.59 Å². The van der Waals surface area contributed by atoms with Gasteiger partial charge in [0.1, 0.15) is 0 Å². The maximum absolute atomic E-state index is 11.8. The molecule has 0 aromatic rings. The van der Waals surface area contributed by atoms with Gasteiger partial charge in [-0.3, -0.25) is 9.59 Å². The van der Waals surface area contributed by atoms with Gasteiger partial charge in [0, 0.05) is 6.04 Å². The van der Waals surface area contributed by atoms with Gasteiger partial charge in [0.05, 0.1) is 11.5 Å². The standard InChI is InChI=1S/C15H28N2O2S/c1-15(2,3)11-5-4-6-12(8-7-11)17-14(19)10-20-9-13(16)18/h11-12H,4-10H2,1-3H3,(H2,16,18)(H,17,19)/t11-,12+/m1/s1. The summed E-state index contributed by atoms with van der Waals surface area (Å²) in [5.74, 6) is 0.932. The molecule has 0 bridgehead atoms. The molecule has 0 radical (unpaired) electrons. The van der Waals surface area contributed by atoms with Crippen LogP contribution in [0.2, 0.25) is 0 Å². The molecule has 0 aromatic heterocycles. The van der Waals surface area contributed by atoms with E-state index in [1.54, 1.807) is 0 Å². The van der Waals surface area contributed by atoms with Crippen molar-refractivity contribution in [3.63, 3.8) is 0 Å². The summed E-state index contributed by atoms with van der Waals surface area (Å²) in [6.07, 6.45) is 5.75. The first-order valence-electron chi connectivity index (χ1n) is 7.44. The highest BCUT2D eigenvalue weighted by atomic mass is 32.2. The van der Waals surface area contributed by atoms with Crippen LogP contribution in [0.4, 0.5) is 0 Å². The fraction of sp³-hybridized carbons (Fsp3) is 0.867. The molecule has 0 aromatic carbocycles. The summed E-state index contributed by atoms with van der Waals surface area (Å²) in [6, 6.07) is 0.295. The first kappa shape index (κ1) is 17.3. The van der Waals surface area contributed by atoms with Crippen LogP contribution in [-0.2, 0) is 9.59 Å². The summed E-state index contributed by atoms with van der Waals surface area (Å²) in [5.41, 5.74) is 5.41. The molecule has 2 amide bonds. The van der Waals surface area contributed by atoms with Gasteiger partial charge in [-0.15, -0.1) is 11.8 Å². The second kappa shape index (κ2) is 7.91. The topological polar surface area (TPSA) is 72.2 Å². The molecule has 1 aliphatic rings. The van der Waals surface area contributed by atoms with Gasteiger partial charge >= 0.3 is 0 Å². The largest absolute Gasteiger partial charge is 0.369 e. The van der Waals surface area contributed by atoms with E-state index in [2.05, 4.69) is 26.1 Å². The summed E-state index contributed by atoms with van der Waals surface area (Å²) >= 11 is 1.28. The summed E-state index contributed by atoms with van der Waals surface area (Å²) in [5, 5.41) is 3.09. The number of nitrogens with two attached hydrogens (primary N) is 1. The minimum absolute atomic E-state index is 0.0236. The van der Waals surface area contributed by atoms with Crippen LogP contribution >= 0.6 is 11.8 Å². The van der Waals surface area contributed by atoms with Crippen LogP contribution in [0.5, 0.6) is 0 Å². The van der Waals surface area contributed by atoms with E-state index >= 15 is 0 Å². The predicted octanol–water partition coefficient (Wildman–Crippen LogP) is 2.32. The molecule has 0 spiro atoms. The monoisotopic (exact) mass is 300 g/mol. The van der Waals surface area contributed by atoms with Crippen molar-refractivity contribution in [3.05, 3.63) is 0 Å². The normalized spacial score (nSPS) is 23.9. The summed E-state index contributed by atoms with van der Waals surface area (Å²) in [7, 11) is 0. The minimum Gasteiger partial charge on any atom is -0.369 e. The molecule has 0 aliphatic heterocycles. The highest BCUT2D eigenvalue weighted by Crippen LogP contribution is 2.36. The Morgan fingerprint density at radius 3 is 2.45 bits per heavy atom. The molecule has 4 nitrogen and oxygen atoms in total. The van der Waals surface area contributed by atoms with Crippen molar-refractivity contribution >= 4 is 23.6 Å². The van der Waals surface area contributed by atoms with Crippen LogP contribution in [0.1, 0.15) is 52.9 Å². The van der Waals surface area contributed by atoms with Crippen LogP contribution in [0.25, 0.3) is 0 Å². The number of carbonyl (C=O) groups excluding carboxylic acids is 2. The molecule has 20 heavy (non-hydrogen) atoms. The molecule has 2 atom stereocenters. The van der Waals surface area contributed by atoms with Gasteiger partial charge in [-0.1, -0.05) is 27.2 Å². The van der Waals surface area contributed by atoms with Crippen LogP contribution in [-0.4, -0.2) is 29.4 Å². The highest BCUT2D eigenvalue weighted by molar-refractivity contribution is 8.00. The Hall–Kier alpha value is -0.710. The predicted molar refractivity (Wildman–Crippen MR) is 84.5 cm³/mol. The number of amides is 2. The van der Waals surface area contributed by atoms with Crippen molar-refractivity contribution in [2.45, 2.75) is 58.9 Å². The fourth-order valence-electron chi connectivity index (χ4n) is 2.83. The molecule has 116 valence electrons. The van der Waals surface area contributed by atoms with Crippen LogP contribution in [0.3, 0.4) is 0 Å². The van der Waals surface area contributed by atoms with E-state index in [0.29, 0.717) is 17.2 Å². The maximum Gasteiger partial charge on any atom is 0.230 e. The van der Waals surface area contributed by atoms with E-state index in [-0.39, 0.29) is 17.6 Å². The zero-order chi connectivity index (χ0) is 15.2. The van der Waals surface area contributed by atoms with E-state index in [1.807, 2.05) is 0 Å². The number of hydrogen-bond acceptors (Lipinski definition) is 3. The molecular formula is C15H28N2O2S. The van der Waals surface area contributed by atoms with Crippen molar-refractivity contribution in [3.8, 4) is 0 Å². The van der Waals surface area contributed by atoms with Crippen molar-refractivity contribution in [2.75, 3.05) is 11.5 Å². The smallest absolute Gasteiger partial charge is 0.230 e. The second-order valence-corrected chi connectivity index (χ2v) is 7.78. The lowest BCUT2D eigenvalue weighted by molar-refractivity contribution is -0.119. The maximum atomic E-state index is 11.8. The molecule has 0 heterocycles. The minimum atomic E-state index is -0.370. The first-order chi connectivity index (χ1) is 9.29. The summed E-state index contributed by atoms with van der Waals surface area (Å²) in [4.78, 5) is 22.4. The summed E-state index contributed by atoms with van der Waals surface area (Å²) in [6.45, 7) is 6.91. The Morgan fingerprint density at radius 1 is 1.15 bits per heavy atom. The Balaban J connectivity index is 2.31. The molecule has 1 saturated carbocycles. The first-order valence-corrected chi connectivity index (χ1v) is 8.60. The van der Waals surface area contributed by atoms with Crippen molar-refractivity contribution in [2.24, 2.45) is 17.1 Å². The third kappa shape index (κ3) is 6.64. The third-order valence-electron chi connectivity index (χ3n) is 4.04. The van der Waals surface area contributed by atoms with E-state index in [4.69, 9.17) is 5.73 Å². The Kier molecular flexibility index (Phi) is 6.86. The zero-order valence-electron chi connectivity index (χ0n) is 12.9. The Bertz CT molecular complexity index is 339. The van der Waals surface area contributed by atoms with Gasteiger partial charge in [-0.05, 0) is 37.0 Å². The summed E-state index contributed by atoms with van der Waals surface area (Å²) < 4.78 is 0. The average molecular weight is 300 g/mol. The molecule has 3 N–H and O–H groups in total. The van der Waals surface area contributed by atoms with E-state index in [1.165, 1.54) is 31.0 Å². The number of thioether (sulfide) groups is 1. The van der Waals surface area contributed by atoms with Gasteiger partial charge in [0.25, 0.3) is 0 Å². The lowest BCUT2D eigenvalue weighted by atomic mass is 9.76. The number of hydrogen-bond donors (Lipinski definition) is 2. The van der Waals surface area contributed by atoms with E-state index in [0.717, 1.165) is 18.8 Å². The molecule has 0 saturated heterocycles. The third-order valence-corrected chi connectivity index (χ3v) is 4.99. The van der Waals surface area contributed by atoms with Crippen LogP contribution in [0, 0.1) is 11.3 Å². The van der Waals surface area contributed by atoms with Gasteiger partial charge in [0.15, 0.2) is 0 Å². The highest BCUT2D eigenvalue weighted by Gasteiger charge is 2.28. The van der Waals surface area contributed by atoms with E-state index in [9.17, 15) is 9.59 Å². The number of rotatable bonds is 5. The molecule has 1 aliphatic carbocycles. The van der Waals surface area contributed by atoms with Crippen molar-refractivity contribution in [1.29, 1.82) is 0 Å². The Labute approximate surface area is 126 Å². The van der Waals surface area contributed by atoms with Gasteiger partial charge in [0.2, 0.25) is 11.8 Å². The van der Waals surface area contributed by atoms with Crippen LogP contribution < -0.4 is 11.1 Å². The van der Waals surface area contributed by atoms with Gasteiger partial charge in [-0.2, -0.15) is 0 Å². The van der Waals surface area contributed by atoms with Crippen molar-refractivity contribution in [1.82, 2.24) is 5.32 Å². The molecule has 0 unspecified atom stereocenters. The number of primary amides is 1. The fourth-order valence-corrected chi connectivity index (χ4v) is 3.40. The van der Waals surface area contributed by atoms with Crippen LogP contribution in [0.15, 0.2) is 0 Å². The number of nitrogens with one attached hydrogen (secondary N) is 1. The Morgan fingerprint density at radius 2 is 1.85 bits per heavy atom. The van der Waals surface area contributed by atoms with Gasteiger partial charge < -0.3 is 11.1 Å². The lowest BCUT2D eigenvalue weighted by Crippen LogP contribution is -2.36. The molecule has 5 heteroatoms. The second-order valence-electron chi connectivity index (χ2n) is 6.79.